The zero-order chi connectivity index (χ0) is 9.14. The lowest BCUT2D eigenvalue weighted by atomic mass is 10.0. The first-order valence-electron chi connectivity index (χ1n) is 4.30. The van der Waals surface area contributed by atoms with Gasteiger partial charge in [0, 0.05) is 11.6 Å². The molecule has 1 heterocycles. The first kappa shape index (κ1) is 9.26. The van der Waals surface area contributed by atoms with Gasteiger partial charge in [-0.15, -0.1) is 0 Å². The van der Waals surface area contributed by atoms with Gasteiger partial charge in [0.25, 0.3) is 0 Å². The van der Waals surface area contributed by atoms with Crippen LogP contribution >= 0.6 is 0 Å². The molecule has 0 fully saturated rings. The molecule has 0 aliphatic rings. The molecule has 1 aromatic rings. The third kappa shape index (κ3) is 1.50. The van der Waals surface area contributed by atoms with Crippen LogP contribution in [-0.4, -0.2) is 12.2 Å². The summed E-state index contributed by atoms with van der Waals surface area (Å²) in [6, 6.07) is 0.372. The highest BCUT2D eigenvalue weighted by molar-refractivity contribution is 5.24. The van der Waals surface area contributed by atoms with Crippen molar-refractivity contribution >= 4 is 0 Å². The normalized spacial score (nSPS) is 13.3. The second-order valence-corrected chi connectivity index (χ2v) is 2.99. The zero-order valence-electron chi connectivity index (χ0n) is 8.14. The maximum Gasteiger partial charge on any atom is 0.138 e. The lowest BCUT2D eigenvalue weighted by Gasteiger charge is -2.12. The predicted molar refractivity (Wildman–Crippen MR) is 48.1 cm³/mol. The van der Waals surface area contributed by atoms with E-state index in [0.29, 0.717) is 6.04 Å². The van der Waals surface area contributed by atoms with Gasteiger partial charge in [0.1, 0.15) is 5.76 Å². The van der Waals surface area contributed by atoms with Crippen molar-refractivity contribution in [2.24, 2.45) is 0 Å². The second-order valence-electron chi connectivity index (χ2n) is 2.99. The molecule has 0 aliphatic heterocycles. The highest BCUT2D eigenvalue weighted by Crippen LogP contribution is 2.22. The lowest BCUT2D eigenvalue weighted by Crippen LogP contribution is -2.16. The van der Waals surface area contributed by atoms with Gasteiger partial charge in [0.2, 0.25) is 0 Å². The Labute approximate surface area is 73.1 Å². The Kier molecular flexibility index (Phi) is 2.87. The van der Waals surface area contributed by atoms with E-state index in [0.717, 1.165) is 17.9 Å². The fourth-order valence-corrected chi connectivity index (χ4v) is 1.54. The summed E-state index contributed by atoms with van der Waals surface area (Å²) in [4.78, 5) is 0. The number of hydrogen-bond donors (Lipinski definition) is 1. The van der Waals surface area contributed by atoms with Gasteiger partial charge in [-0.3, -0.25) is 0 Å². The van der Waals surface area contributed by atoms with Crippen LogP contribution in [0.25, 0.3) is 0 Å². The number of rotatable bonds is 3. The fourth-order valence-electron chi connectivity index (χ4n) is 1.54. The topological polar surface area (TPSA) is 38.1 Å². The van der Waals surface area contributed by atoms with Crippen LogP contribution in [0, 0.1) is 13.8 Å². The van der Waals surface area contributed by atoms with Crippen LogP contribution in [0.1, 0.15) is 36.4 Å². The van der Waals surface area contributed by atoms with E-state index in [1.54, 1.807) is 0 Å². The second kappa shape index (κ2) is 3.72. The number of nitrogens with one attached hydrogen (secondary N) is 1. The van der Waals surface area contributed by atoms with Gasteiger partial charge >= 0.3 is 0 Å². The Morgan fingerprint density at radius 1 is 1.50 bits per heavy atom. The molecule has 1 atom stereocenters. The van der Waals surface area contributed by atoms with E-state index in [1.165, 1.54) is 5.56 Å². The van der Waals surface area contributed by atoms with Gasteiger partial charge < -0.3 is 9.84 Å². The molecule has 1 aromatic heterocycles. The van der Waals surface area contributed by atoms with Gasteiger partial charge in [-0.25, -0.2) is 0 Å². The molecule has 0 spiro atoms. The van der Waals surface area contributed by atoms with E-state index in [2.05, 4.69) is 17.4 Å². The third-order valence-electron chi connectivity index (χ3n) is 2.19. The molecule has 12 heavy (non-hydrogen) atoms. The number of aryl methyl sites for hydroxylation is 2. The highest BCUT2D eigenvalue weighted by atomic mass is 16.5. The zero-order valence-corrected chi connectivity index (χ0v) is 8.14. The summed E-state index contributed by atoms with van der Waals surface area (Å²) < 4.78 is 5.09. The van der Waals surface area contributed by atoms with Gasteiger partial charge in [-0.05, 0) is 27.3 Å². The van der Waals surface area contributed by atoms with E-state index in [9.17, 15) is 0 Å². The summed E-state index contributed by atoms with van der Waals surface area (Å²) in [7, 11) is 1.96. The number of hydrogen-bond acceptors (Lipinski definition) is 3. The van der Waals surface area contributed by atoms with E-state index in [1.807, 2.05) is 20.9 Å². The largest absolute Gasteiger partial charge is 0.361 e. The molecular weight excluding hydrogens is 152 g/mol. The standard InChI is InChI=1S/C9H16N2O/c1-5-8(10-4)9-6(2)11-12-7(9)3/h8,10H,5H2,1-4H3. The average molecular weight is 168 g/mol. The predicted octanol–water partition coefficient (Wildman–Crippen LogP) is 1.96. The molecule has 0 bridgehead atoms. The molecule has 0 saturated heterocycles. The molecule has 1 N–H and O–H groups in total. The minimum Gasteiger partial charge on any atom is -0.361 e. The van der Waals surface area contributed by atoms with Crippen molar-refractivity contribution in [2.45, 2.75) is 33.2 Å². The van der Waals surface area contributed by atoms with Gasteiger partial charge in [-0.1, -0.05) is 12.1 Å². The highest BCUT2D eigenvalue weighted by Gasteiger charge is 2.16. The van der Waals surface area contributed by atoms with Crippen molar-refractivity contribution in [3.63, 3.8) is 0 Å². The van der Waals surface area contributed by atoms with Crippen molar-refractivity contribution in [1.29, 1.82) is 0 Å². The molecule has 3 heteroatoms. The van der Waals surface area contributed by atoms with Crippen LogP contribution in [0.5, 0.6) is 0 Å². The van der Waals surface area contributed by atoms with Gasteiger partial charge in [0.15, 0.2) is 0 Å². The first-order valence-corrected chi connectivity index (χ1v) is 4.30. The quantitative estimate of drug-likeness (QED) is 0.749. The van der Waals surface area contributed by atoms with E-state index in [-0.39, 0.29) is 0 Å². The minimum atomic E-state index is 0.372. The van der Waals surface area contributed by atoms with E-state index >= 15 is 0 Å². The van der Waals surface area contributed by atoms with E-state index < -0.39 is 0 Å². The Bertz CT molecular complexity index is 232. The first-order chi connectivity index (χ1) is 5.70. The van der Waals surface area contributed by atoms with Crippen molar-refractivity contribution in [2.75, 3.05) is 7.05 Å². The molecule has 0 saturated carbocycles. The molecule has 0 radical (unpaired) electrons. The summed E-state index contributed by atoms with van der Waals surface area (Å²) in [6.45, 7) is 6.08. The summed E-state index contributed by atoms with van der Waals surface area (Å²) in [6.07, 6.45) is 1.05. The van der Waals surface area contributed by atoms with Crippen LogP contribution in [0.4, 0.5) is 0 Å². The van der Waals surface area contributed by atoms with Gasteiger partial charge in [0.05, 0.1) is 5.69 Å². The number of nitrogens with zero attached hydrogens (tertiary/aromatic N) is 1. The van der Waals surface area contributed by atoms with Crippen molar-refractivity contribution in [3.05, 3.63) is 17.0 Å². The van der Waals surface area contributed by atoms with Crippen LogP contribution in [0.15, 0.2) is 4.52 Å². The van der Waals surface area contributed by atoms with Crippen LogP contribution in [0.2, 0.25) is 0 Å². The van der Waals surface area contributed by atoms with Crippen LogP contribution < -0.4 is 5.32 Å². The van der Waals surface area contributed by atoms with Crippen molar-refractivity contribution in [3.8, 4) is 0 Å². The lowest BCUT2D eigenvalue weighted by molar-refractivity contribution is 0.390. The van der Waals surface area contributed by atoms with Crippen molar-refractivity contribution in [1.82, 2.24) is 10.5 Å². The molecule has 1 unspecified atom stereocenters. The fraction of sp³-hybridized carbons (Fsp3) is 0.667. The molecule has 68 valence electrons. The smallest absolute Gasteiger partial charge is 0.138 e. The summed E-state index contributed by atoms with van der Waals surface area (Å²) in [5, 5.41) is 7.15. The summed E-state index contributed by atoms with van der Waals surface area (Å²) >= 11 is 0. The maximum absolute atomic E-state index is 5.09. The Balaban J connectivity index is 2.98. The molecule has 0 aliphatic carbocycles. The minimum absolute atomic E-state index is 0.372. The van der Waals surface area contributed by atoms with Crippen LogP contribution in [-0.2, 0) is 0 Å². The monoisotopic (exact) mass is 168 g/mol. The summed E-state index contributed by atoms with van der Waals surface area (Å²) in [5.41, 5.74) is 2.20. The number of aromatic nitrogens is 1. The Hall–Kier alpha value is -0.830. The molecule has 0 amide bonds. The molecule has 3 nitrogen and oxygen atoms in total. The summed E-state index contributed by atoms with van der Waals surface area (Å²) in [5.74, 6) is 0.925. The van der Waals surface area contributed by atoms with Gasteiger partial charge in [-0.2, -0.15) is 0 Å². The molecular formula is C9H16N2O. The van der Waals surface area contributed by atoms with Crippen molar-refractivity contribution < 1.29 is 4.52 Å². The molecule has 0 aromatic carbocycles. The molecule has 1 rings (SSSR count). The van der Waals surface area contributed by atoms with Crippen LogP contribution in [0.3, 0.4) is 0 Å². The Morgan fingerprint density at radius 3 is 2.50 bits per heavy atom. The maximum atomic E-state index is 5.09. The third-order valence-corrected chi connectivity index (χ3v) is 2.19. The van der Waals surface area contributed by atoms with E-state index in [4.69, 9.17) is 4.52 Å². The SMILES string of the molecule is CCC(NC)c1c(C)noc1C. The average Bonchev–Trinajstić information content (AvgIpc) is 2.38. The Morgan fingerprint density at radius 2 is 2.17 bits per heavy atom.